The zero-order chi connectivity index (χ0) is 21.1. The van der Waals surface area contributed by atoms with Gasteiger partial charge in [-0.1, -0.05) is 53.2 Å². The standard InChI is InChI=1S/C21H15Cl2N3O3S/c22-15-7-3-9-17(19(15)23)24-18(27)12-30-21-25-16-8-2-1-6-14(16)20(28)26(21)11-13-5-4-10-29-13/h1-10H,11-12H2,(H,24,27). The Morgan fingerprint density at radius 3 is 2.73 bits per heavy atom. The number of hydrogen-bond acceptors (Lipinski definition) is 5. The van der Waals surface area contributed by atoms with Crippen molar-refractivity contribution in [3.8, 4) is 0 Å². The zero-order valence-corrected chi connectivity index (χ0v) is 17.8. The number of nitrogens with zero attached hydrogens (tertiary/aromatic N) is 2. The molecule has 0 aliphatic rings. The van der Waals surface area contributed by atoms with E-state index in [0.717, 1.165) is 11.8 Å². The van der Waals surface area contributed by atoms with Crippen LogP contribution in [0.25, 0.3) is 10.9 Å². The lowest BCUT2D eigenvalue weighted by molar-refractivity contribution is -0.113. The zero-order valence-electron chi connectivity index (χ0n) is 15.5. The average Bonchev–Trinajstić information content (AvgIpc) is 3.25. The minimum atomic E-state index is -0.295. The maximum Gasteiger partial charge on any atom is 0.262 e. The Labute approximate surface area is 185 Å². The molecule has 0 atom stereocenters. The molecule has 0 bridgehead atoms. The van der Waals surface area contributed by atoms with Crippen molar-refractivity contribution in [3.05, 3.63) is 87.0 Å². The number of furan rings is 1. The molecule has 30 heavy (non-hydrogen) atoms. The Morgan fingerprint density at radius 1 is 1.10 bits per heavy atom. The summed E-state index contributed by atoms with van der Waals surface area (Å²) in [5.41, 5.74) is 0.797. The van der Waals surface area contributed by atoms with Gasteiger partial charge in [-0.2, -0.15) is 0 Å². The fourth-order valence-corrected chi connectivity index (χ4v) is 4.02. The van der Waals surface area contributed by atoms with E-state index in [1.54, 1.807) is 54.8 Å². The monoisotopic (exact) mass is 459 g/mol. The van der Waals surface area contributed by atoms with Gasteiger partial charge in [0.15, 0.2) is 5.16 Å². The van der Waals surface area contributed by atoms with Gasteiger partial charge in [0.05, 0.1) is 45.2 Å². The van der Waals surface area contributed by atoms with E-state index in [0.29, 0.717) is 32.5 Å². The average molecular weight is 460 g/mol. The van der Waals surface area contributed by atoms with E-state index in [-0.39, 0.29) is 28.8 Å². The lowest BCUT2D eigenvalue weighted by Gasteiger charge is -2.12. The molecule has 0 saturated heterocycles. The molecular formula is C21H15Cl2N3O3S. The Bertz CT molecular complexity index is 1270. The topological polar surface area (TPSA) is 77.1 Å². The van der Waals surface area contributed by atoms with Gasteiger partial charge in [0.2, 0.25) is 5.91 Å². The Hall–Kier alpha value is -2.74. The first kappa shape index (κ1) is 20.5. The lowest BCUT2D eigenvalue weighted by atomic mass is 10.2. The van der Waals surface area contributed by atoms with Crippen molar-refractivity contribution >= 4 is 57.5 Å². The van der Waals surface area contributed by atoms with Crippen LogP contribution in [0, 0.1) is 0 Å². The van der Waals surface area contributed by atoms with Gasteiger partial charge in [0, 0.05) is 0 Å². The van der Waals surface area contributed by atoms with Gasteiger partial charge in [0.1, 0.15) is 5.76 Å². The Morgan fingerprint density at radius 2 is 1.93 bits per heavy atom. The van der Waals surface area contributed by atoms with Crippen LogP contribution in [0.1, 0.15) is 5.76 Å². The number of aromatic nitrogens is 2. The van der Waals surface area contributed by atoms with E-state index in [1.165, 1.54) is 4.57 Å². The van der Waals surface area contributed by atoms with Gasteiger partial charge in [-0.15, -0.1) is 0 Å². The summed E-state index contributed by atoms with van der Waals surface area (Å²) in [6.07, 6.45) is 1.55. The number of anilines is 1. The van der Waals surface area contributed by atoms with Crippen molar-refractivity contribution in [2.45, 2.75) is 11.7 Å². The number of rotatable bonds is 6. The molecular weight excluding hydrogens is 445 g/mol. The molecule has 6 nitrogen and oxygen atoms in total. The smallest absolute Gasteiger partial charge is 0.262 e. The first-order valence-corrected chi connectivity index (χ1v) is 10.7. The highest BCUT2D eigenvalue weighted by atomic mass is 35.5. The molecule has 2 heterocycles. The quantitative estimate of drug-likeness (QED) is 0.321. The third-order valence-electron chi connectivity index (χ3n) is 4.28. The Kier molecular flexibility index (Phi) is 6.13. The fourth-order valence-electron chi connectivity index (χ4n) is 2.87. The van der Waals surface area contributed by atoms with Crippen molar-refractivity contribution in [2.24, 2.45) is 0 Å². The van der Waals surface area contributed by atoms with Crippen molar-refractivity contribution in [2.75, 3.05) is 11.1 Å². The van der Waals surface area contributed by atoms with Crippen LogP contribution < -0.4 is 10.9 Å². The van der Waals surface area contributed by atoms with E-state index in [2.05, 4.69) is 10.3 Å². The summed E-state index contributed by atoms with van der Waals surface area (Å²) in [5, 5.41) is 4.28. The second-order valence-electron chi connectivity index (χ2n) is 6.32. The fraction of sp³-hybridized carbons (Fsp3) is 0.0952. The van der Waals surface area contributed by atoms with Crippen molar-refractivity contribution < 1.29 is 9.21 Å². The van der Waals surface area contributed by atoms with E-state index in [9.17, 15) is 9.59 Å². The molecule has 0 aliphatic heterocycles. The molecule has 0 aliphatic carbocycles. The van der Waals surface area contributed by atoms with Gasteiger partial charge in [0.25, 0.3) is 5.56 Å². The molecule has 2 aromatic heterocycles. The summed E-state index contributed by atoms with van der Waals surface area (Å²) < 4.78 is 6.89. The molecule has 9 heteroatoms. The normalized spacial score (nSPS) is 11.0. The number of carbonyl (C=O) groups is 1. The summed E-state index contributed by atoms with van der Waals surface area (Å²) in [5.74, 6) is 0.355. The van der Waals surface area contributed by atoms with E-state index >= 15 is 0 Å². The molecule has 4 aromatic rings. The molecule has 0 radical (unpaired) electrons. The summed E-state index contributed by atoms with van der Waals surface area (Å²) in [6, 6.07) is 15.6. The number of hydrogen-bond donors (Lipinski definition) is 1. The second kappa shape index (κ2) is 8.95. The molecule has 0 spiro atoms. The van der Waals surface area contributed by atoms with E-state index < -0.39 is 0 Å². The third kappa shape index (κ3) is 4.38. The van der Waals surface area contributed by atoms with Crippen molar-refractivity contribution in [3.63, 3.8) is 0 Å². The number of fused-ring (bicyclic) bond motifs is 1. The number of halogens is 2. The van der Waals surface area contributed by atoms with Crippen LogP contribution in [0.4, 0.5) is 5.69 Å². The van der Waals surface area contributed by atoms with Crippen LogP contribution in [-0.2, 0) is 11.3 Å². The lowest BCUT2D eigenvalue weighted by Crippen LogP contribution is -2.24. The Balaban J connectivity index is 1.60. The van der Waals surface area contributed by atoms with Gasteiger partial charge < -0.3 is 9.73 Å². The van der Waals surface area contributed by atoms with Crippen LogP contribution in [0.15, 0.2) is 75.2 Å². The first-order chi connectivity index (χ1) is 14.5. The molecule has 1 amide bonds. The van der Waals surface area contributed by atoms with E-state index in [1.807, 2.05) is 6.07 Å². The maximum absolute atomic E-state index is 13.0. The highest BCUT2D eigenvalue weighted by molar-refractivity contribution is 7.99. The third-order valence-corrected chi connectivity index (χ3v) is 6.07. The summed E-state index contributed by atoms with van der Waals surface area (Å²) >= 11 is 13.3. The number of thioether (sulfide) groups is 1. The maximum atomic E-state index is 13.0. The van der Waals surface area contributed by atoms with Crippen LogP contribution in [0.2, 0.25) is 10.0 Å². The largest absolute Gasteiger partial charge is 0.467 e. The molecule has 152 valence electrons. The number of carbonyl (C=O) groups excluding carboxylic acids is 1. The molecule has 2 aromatic carbocycles. The number of amides is 1. The molecule has 0 fully saturated rings. The highest BCUT2D eigenvalue weighted by Crippen LogP contribution is 2.29. The number of benzene rings is 2. The van der Waals surface area contributed by atoms with Crippen molar-refractivity contribution in [1.82, 2.24) is 9.55 Å². The predicted molar refractivity (Wildman–Crippen MR) is 120 cm³/mol. The summed E-state index contributed by atoms with van der Waals surface area (Å²) in [7, 11) is 0. The second-order valence-corrected chi connectivity index (χ2v) is 8.05. The van der Waals surface area contributed by atoms with Crippen molar-refractivity contribution in [1.29, 1.82) is 0 Å². The predicted octanol–water partition coefficient (Wildman–Crippen LogP) is 5.08. The van der Waals surface area contributed by atoms with Crippen LogP contribution >= 0.6 is 35.0 Å². The SMILES string of the molecule is O=C(CSc1nc2ccccc2c(=O)n1Cc1ccco1)Nc1cccc(Cl)c1Cl. The molecule has 4 rings (SSSR count). The molecule has 0 saturated carbocycles. The van der Waals surface area contributed by atoms with E-state index in [4.69, 9.17) is 27.6 Å². The summed E-state index contributed by atoms with van der Waals surface area (Å²) in [6.45, 7) is 0.216. The minimum Gasteiger partial charge on any atom is -0.467 e. The first-order valence-electron chi connectivity index (χ1n) is 8.91. The summed E-state index contributed by atoms with van der Waals surface area (Å²) in [4.78, 5) is 30.1. The highest BCUT2D eigenvalue weighted by Gasteiger charge is 2.15. The van der Waals surface area contributed by atoms with Gasteiger partial charge in [-0.25, -0.2) is 4.98 Å². The molecule has 0 unspecified atom stereocenters. The van der Waals surface area contributed by atoms with Gasteiger partial charge >= 0.3 is 0 Å². The number of nitrogens with one attached hydrogen (secondary N) is 1. The minimum absolute atomic E-state index is 0.0335. The van der Waals surface area contributed by atoms with Crippen LogP contribution in [0.3, 0.4) is 0 Å². The van der Waals surface area contributed by atoms with Gasteiger partial charge in [-0.05, 0) is 36.4 Å². The van der Waals surface area contributed by atoms with Crippen LogP contribution in [0.5, 0.6) is 0 Å². The molecule has 1 N–H and O–H groups in total. The van der Waals surface area contributed by atoms with Gasteiger partial charge in [-0.3, -0.25) is 14.2 Å². The van der Waals surface area contributed by atoms with Crippen LogP contribution in [-0.4, -0.2) is 21.2 Å². The number of para-hydroxylation sites is 1.